The number of ether oxygens (including phenoxy) is 1. The van der Waals surface area contributed by atoms with E-state index in [1.165, 1.54) is 12.8 Å². The molecule has 2 nitrogen and oxygen atoms in total. The predicted octanol–water partition coefficient (Wildman–Crippen LogP) is 4.53. The molecule has 0 saturated heterocycles. The molecule has 0 aliphatic heterocycles. The highest BCUT2D eigenvalue weighted by Crippen LogP contribution is 2.37. The number of nitrogens with two attached hydrogens (primary N) is 1. The zero-order chi connectivity index (χ0) is 13.8. The Hall–Kier alpha value is -0.440. The number of hydrogen-bond donors (Lipinski definition) is 1. The number of benzene rings is 1. The summed E-state index contributed by atoms with van der Waals surface area (Å²) in [7, 11) is 0. The van der Waals surface area contributed by atoms with Crippen molar-refractivity contribution in [2.75, 3.05) is 6.54 Å². The Kier molecular flexibility index (Phi) is 5.37. The summed E-state index contributed by atoms with van der Waals surface area (Å²) in [5.74, 6) is 1.82. The van der Waals surface area contributed by atoms with Crippen LogP contribution in [0.3, 0.4) is 0 Å². The minimum atomic E-state index is 0.152. The van der Waals surface area contributed by atoms with E-state index in [-0.39, 0.29) is 6.10 Å². The lowest BCUT2D eigenvalue weighted by Crippen LogP contribution is -2.38. The molecule has 0 bridgehead atoms. The van der Waals surface area contributed by atoms with Crippen LogP contribution < -0.4 is 10.5 Å². The van der Waals surface area contributed by atoms with E-state index in [2.05, 4.69) is 6.92 Å². The number of hydrogen-bond acceptors (Lipinski definition) is 2. The molecule has 19 heavy (non-hydrogen) atoms. The van der Waals surface area contributed by atoms with Crippen molar-refractivity contribution in [2.24, 2.45) is 17.6 Å². The zero-order valence-corrected chi connectivity index (χ0v) is 12.8. The Bertz CT molecular complexity index is 425. The van der Waals surface area contributed by atoms with Crippen molar-refractivity contribution < 1.29 is 4.74 Å². The Labute approximate surface area is 125 Å². The molecule has 4 heteroatoms. The Morgan fingerprint density at radius 2 is 2.11 bits per heavy atom. The van der Waals surface area contributed by atoms with E-state index >= 15 is 0 Å². The zero-order valence-electron chi connectivity index (χ0n) is 11.2. The summed E-state index contributed by atoms with van der Waals surface area (Å²) >= 11 is 12.2. The molecule has 106 valence electrons. The first-order valence-electron chi connectivity index (χ1n) is 6.96. The summed E-state index contributed by atoms with van der Waals surface area (Å²) in [5.41, 5.74) is 5.86. The quantitative estimate of drug-likeness (QED) is 0.887. The second-order valence-electron chi connectivity index (χ2n) is 5.29. The smallest absolute Gasteiger partial charge is 0.139 e. The molecule has 0 amide bonds. The van der Waals surface area contributed by atoms with Crippen LogP contribution in [0.1, 0.15) is 32.6 Å². The third-order valence-electron chi connectivity index (χ3n) is 4.11. The normalized spacial score (nSPS) is 27.3. The van der Waals surface area contributed by atoms with Gasteiger partial charge in [-0.25, -0.2) is 0 Å². The van der Waals surface area contributed by atoms with Gasteiger partial charge in [0.25, 0.3) is 0 Å². The standard InChI is InChI=1S/C15H21Cl2NO/c1-2-10-6-7-11(9-18)14(8-10)19-13-5-3-4-12(16)15(13)17/h3-5,10-11,14H,2,6-9,18H2,1H3. The largest absolute Gasteiger partial charge is 0.488 e. The van der Waals surface area contributed by atoms with Crippen molar-refractivity contribution >= 4 is 23.2 Å². The van der Waals surface area contributed by atoms with E-state index in [9.17, 15) is 0 Å². The molecule has 1 aromatic rings. The van der Waals surface area contributed by atoms with Gasteiger partial charge in [0.2, 0.25) is 0 Å². The van der Waals surface area contributed by atoms with Gasteiger partial charge in [-0.3, -0.25) is 0 Å². The number of halogens is 2. The third kappa shape index (κ3) is 3.56. The molecular weight excluding hydrogens is 281 g/mol. The van der Waals surface area contributed by atoms with Crippen molar-refractivity contribution in [3.63, 3.8) is 0 Å². The number of rotatable bonds is 4. The van der Waals surface area contributed by atoms with Crippen LogP contribution in [0.5, 0.6) is 5.75 Å². The molecule has 2 N–H and O–H groups in total. The molecule has 0 radical (unpaired) electrons. The molecule has 0 heterocycles. The van der Waals surface area contributed by atoms with Gasteiger partial charge in [-0.15, -0.1) is 0 Å². The van der Waals surface area contributed by atoms with E-state index in [1.807, 2.05) is 12.1 Å². The van der Waals surface area contributed by atoms with E-state index in [0.29, 0.717) is 28.3 Å². The fraction of sp³-hybridized carbons (Fsp3) is 0.600. The molecular formula is C15H21Cl2NO. The van der Waals surface area contributed by atoms with Gasteiger partial charge in [0, 0.05) is 5.92 Å². The van der Waals surface area contributed by atoms with Crippen LogP contribution in [-0.2, 0) is 0 Å². The highest BCUT2D eigenvalue weighted by molar-refractivity contribution is 6.42. The van der Waals surface area contributed by atoms with Crippen molar-refractivity contribution in [1.29, 1.82) is 0 Å². The maximum absolute atomic E-state index is 6.19. The maximum atomic E-state index is 6.19. The average molecular weight is 302 g/mol. The lowest BCUT2D eigenvalue weighted by molar-refractivity contribution is 0.0685. The first kappa shape index (κ1) is 15.0. The summed E-state index contributed by atoms with van der Waals surface area (Å²) in [5, 5.41) is 1.03. The van der Waals surface area contributed by atoms with E-state index < -0.39 is 0 Å². The second kappa shape index (κ2) is 6.83. The molecule has 1 aliphatic carbocycles. The minimum absolute atomic E-state index is 0.152. The summed E-state index contributed by atoms with van der Waals surface area (Å²) in [4.78, 5) is 0. The molecule has 0 aromatic heterocycles. The van der Waals surface area contributed by atoms with Crippen molar-refractivity contribution in [1.82, 2.24) is 0 Å². The van der Waals surface area contributed by atoms with E-state index in [1.54, 1.807) is 6.07 Å². The maximum Gasteiger partial charge on any atom is 0.139 e. The molecule has 3 unspecified atom stereocenters. The lowest BCUT2D eigenvalue weighted by Gasteiger charge is -2.35. The summed E-state index contributed by atoms with van der Waals surface area (Å²) in [6.07, 6.45) is 4.79. The van der Waals surface area contributed by atoms with E-state index in [0.717, 1.165) is 18.8 Å². The molecule has 0 spiro atoms. The first-order valence-corrected chi connectivity index (χ1v) is 7.72. The highest BCUT2D eigenvalue weighted by Gasteiger charge is 2.31. The molecule has 1 aromatic carbocycles. The molecule has 1 aliphatic rings. The van der Waals surface area contributed by atoms with Gasteiger partial charge < -0.3 is 10.5 Å². The van der Waals surface area contributed by atoms with Crippen LogP contribution in [0.2, 0.25) is 10.0 Å². The lowest BCUT2D eigenvalue weighted by atomic mass is 9.78. The summed E-state index contributed by atoms with van der Waals surface area (Å²) in [6, 6.07) is 5.51. The molecule has 1 fully saturated rings. The SMILES string of the molecule is CCC1CCC(CN)C(Oc2cccc(Cl)c2Cl)C1. The Balaban J connectivity index is 2.12. The van der Waals surface area contributed by atoms with E-state index in [4.69, 9.17) is 33.7 Å². The fourth-order valence-corrected chi connectivity index (χ4v) is 3.13. The molecule has 1 saturated carbocycles. The molecule has 3 atom stereocenters. The summed E-state index contributed by atoms with van der Waals surface area (Å²) < 4.78 is 6.11. The van der Waals surface area contributed by atoms with Gasteiger partial charge >= 0.3 is 0 Å². The van der Waals surface area contributed by atoms with Gasteiger partial charge in [0.05, 0.1) is 5.02 Å². The van der Waals surface area contributed by atoms with Crippen LogP contribution in [0.25, 0.3) is 0 Å². The minimum Gasteiger partial charge on any atom is -0.488 e. The summed E-state index contributed by atoms with van der Waals surface area (Å²) in [6.45, 7) is 2.90. The van der Waals surface area contributed by atoms with Crippen LogP contribution in [0.15, 0.2) is 18.2 Å². The van der Waals surface area contributed by atoms with Crippen LogP contribution in [0.4, 0.5) is 0 Å². The van der Waals surface area contributed by atoms with Gasteiger partial charge in [-0.05, 0) is 43.9 Å². The average Bonchev–Trinajstić information content (AvgIpc) is 2.43. The van der Waals surface area contributed by atoms with Gasteiger partial charge in [0.1, 0.15) is 16.9 Å². The van der Waals surface area contributed by atoms with Gasteiger partial charge in [-0.1, -0.05) is 42.6 Å². The topological polar surface area (TPSA) is 35.2 Å². The third-order valence-corrected chi connectivity index (χ3v) is 4.91. The highest BCUT2D eigenvalue weighted by atomic mass is 35.5. The van der Waals surface area contributed by atoms with Crippen molar-refractivity contribution in [2.45, 2.75) is 38.7 Å². The monoisotopic (exact) mass is 301 g/mol. The first-order chi connectivity index (χ1) is 9.15. The second-order valence-corrected chi connectivity index (χ2v) is 6.08. The Morgan fingerprint density at radius 3 is 2.79 bits per heavy atom. The fourth-order valence-electron chi connectivity index (χ4n) is 2.80. The van der Waals surface area contributed by atoms with Crippen LogP contribution in [0, 0.1) is 11.8 Å². The van der Waals surface area contributed by atoms with Crippen molar-refractivity contribution in [3.05, 3.63) is 28.2 Å². The predicted molar refractivity (Wildman–Crippen MR) is 81.1 cm³/mol. The van der Waals surface area contributed by atoms with Crippen LogP contribution in [-0.4, -0.2) is 12.6 Å². The van der Waals surface area contributed by atoms with Gasteiger partial charge in [-0.2, -0.15) is 0 Å². The molecule has 2 rings (SSSR count). The van der Waals surface area contributed by atoms with Gasteiger partial charge in [0.15, 0.2) is 0 Å². The Morgan fingerprint density at radius 1 is 1.32 bits per heavy atom. The van der Waals surface area contributed by atoms with Crippen molar-refractivity contribution in [3.8, 4) is 5.75 Å². The van der Waals surface area contributed by atoms with Crippen LogP contribution >= 0.6 is 23.2 Å².